The molecule has 0 bridgehead atoms. The zero-order valence-corrected chi connectivity index (χ0v) is 10.8. The predicted molar refractivity (Wildman–Crippen MR) is 69.7 cm³/mol. The number of nitrogens with one attached hydrogen (secondary N) is 1. The van der Waals surface area contributed by atoms with E-state index in [0.717, 1.165) is 0 Å². The minimum atomic E-state index is -0.322. The largest absolute Gasteiger partial charge is 0.392 e. The third kappa shape index (κ3) is 2.83. The van der Waals surface area contributed by atoms with E-state index in [-0.39, 0.29) is 12.1 Å². The maximum Gasteiger partial charge on any atom is 0.243 e. The Labute approximate surface area is 111 Å². The van der Waals surface area contributed by atoms with E-state index in [1.54, 1.807) is 0 Å². The molecule has 1 aliphatic heterocycles. The fourth-order valence-corrected chi connectivity index (χ4v) is 2.39. The minimum absolute atomic E-state index is 0.0197. The van der Waals surface area contributed by atoms with Crippen LogP contribution in [0.15, 0.2) is 28.8 Å². The van der Waals surface area contributed by atoms with Crippen molar-refractivity contribution >= 4 is 0 Å². The van der Waals surface area contributed by atoms with Crippen LogP contribution in [0.1, 0.15) is 35.3 Å². The molecule has 0 saturated carbocycles. The van der Waals surface area contributed by atoms with Crippen LogP contribution in [0, 0.1) is 6.92 Å². The third-order valence-electron chi connectivity index (χ3n) is 3.33. The summed E-state index contributed by atoms with van der Waals surface area (Å²) in [6.07, 6.45) is 0.976. The van der Waals surface area contributed by atoms with Gasteiger partial charge in [-0.2, -0.15) is 4.98 Å². The predicted octanol–water partition coefficient (Wildman–Crippen LogP) is 1.36. The molecule has 1 aromatic heterocycles. The smallest absolute Gasteiger partial charge is 0.243 e. The van der Waals surface area contributed by atoms with Crippen LogP contribution in [0.2, 0.25) is 0 Å². The summed E-state index contributed by atoms with van der Waals surface area (Å²) in [7, 11) is 0. The Hall–Kier alpha value is -1.72. The maximum atomic E-state index is 9.48. The van der Waals surface area contributed by atoms with Gasteiger partial charge in [-0.15, -0.1) is 0 Å². The molecule has 0 unspecified atom stereocenters. The molecule has 2 atom stereocenters. The Kier molecular flexibility index (Phi) is 3.31. The lowest BCUT2D eigenvalue weighted by atomic mass is 10.1. The highest BCUT2D eigenvalue weighted by molar-refractivity contribution is 5.24. The maximum absolute atomic E-state index is 9.48. The number of β-amino-alcohol motifs (C(OH)–C–C–N with tert-alkyl or cyclic N) is 1. The van der Waals surface area contributed by atoms with E-state index in [4.69, 9.17) is 4.52 Å². The first kappa shape index (κ1) is 12.3. The summed E-state index contributed by atoms with van der Waals surface area (Å²) in [5.41, 5.74) is 2.40. The van der Waals surface area contributed by atoms with Gasteiger partial charge in [-0.1, -0.05) is 35.0 Å². The Morgan fingerprint density at radius 1 is 1.47 bits per heavy atom. The van der Waals surface area contributed by atoms with Crippen LogP contribution in [0.4, 0.5) is 0 Å². The summed E-state index contributed by atoms with van der Waals surface area (Å²) in [5, 5.41) is 16.6. The first-order chi connectivity index (χ1) is 9.20. The summed E-state index contributed by atoms with van der Waals surface area (Å²) in [4.78, 5) is 4.40. The molecule has 5 nitrogen and oxygen atoms in total. The molecule has 1 fully saturated rings. The van der Waals surface area contributed by atoms with Crippen LogP contribution in [-0.4, -0.2) is 27.9 Å². The van der Waals surface area contributed by atoms with Gasteiger partial charge in [0.15, 0.2) is 5.82 Å². The molecule has 5 heteroatoms. The molecular formula is C14H17N3O2. The van der Waals surface area contributed by atoms with E-state index in [0.29, 0.717) is 31.1 Å². The highest BCUT2D eigenvalue weighted by Gasteiger charge is 2.27. The van der Waals surface area contributed by atoms with Crippen molar-refractivity contribution in [3.8, 4) is 0 Å². The number of aromatic nitrogens is 2. The zero-order chi connectivity index (χ0) is 13.2. The molecule has 1 aliphatic rings. The normalized spacial score (nSPS) is 22.8. The zero-order valence-electron chi connectivity index (χ0n) is 10.8. The molecule has 2 N–H and O–H groups in total. The second kappa shape index (κ2) is 5.11. The van der Waals surface area contributed by atoms with Gasteiger partial charge in [0.2, 0.25) is 5.89 Å². The number of rotatable bonds is 3. The fraction of sp³-hybridized carbons (Fsp3) is 0.429. The van der Waals surface area contributed by atoms with Crippen molar-refractivity contribution in [2.45, 2.75) is 31.9 Å². The fourth-order valence-electron chi connectivity index (χ4n) is 2.39. The number of aliphatic hydroxyl groups is 1. The molecule has 0 spiro atoms. The molecule has 1 saturated heterocycles. The number of aryl methyl sites for hydroxylation is 1. The number of aliphatic hydroxyl groups excluding tert-OH is 1. The van der Waals surface area contributed by atoms with Crippen LogP contribution < -0.4 is 5.32 Å². The quantitative estimate of drug-likeness (QED) is 0.871. The molecule has 0 aliphatic carbocycles. The van der Waals surface area contributed by atoms with Crippen LogP contribution in [0.25, 0.3) is 0 Å². The lowest BCUT2D eigenvalue weighted by Crippen LogP contribution is -2.15. The van der Waals surface area contributed by atoms with Crippen molar-refractivity contribution in [2.75, 3.05) is 6.54 Å². The van der Waals surface area contributed by atoms with Crippen LogP contribution in [0.5, 0.6) is 0 Å². The number of nitrogens with zero attached hydrogens (tertiary/aromatic N) is 2. The minimum Gasteiger partial charge on any atom is -0.392 e. The monoisotopic (exact) mass is 259 g/mol. The first-order valence-corrected chi connectivity index (χ1v) is 6.50. The van der Waals surface area contributed by atoms with E-state index < -0.39 is 0 Å². The number of benzene rings is 1. The lowest BCUT2D eigenvalue weighted by Gasteiger charge is -2.01. The van der Waals surface area contributed by atoms with Gasteiger partial charge in [0.1, 0.15) is 0 Å². The van der Waals surface area contributed by atoms with Gasteiger partial charge in [0.25, 0.3) is 0 Å². The summed E-state index contributed by atoms with van der Waals surface area (Å²) in [5.74, 6) is 1.25. The molecule has 2 heterocycles. The van der Waals surface area contributed by atoms with Crippen molar-refractivity contribution in [1.82, 2.24) is 15.5 Å². The van der Waals surface area contributed by atoms with Crippen molar-refractivity contribution in [2.24, 2.45) is 0 Å². The van der Waals surface area contributed by atoms with Crippen LogP contribution >= 0.6 is 0 Å². The summed E-state index contributed by atoms with van der Waals surface area (Å²) >= 11 is 0. The van der Waals surface area contributed by atoms with E-state index >= 15 is 0 Å². The van der Waals surface area contributed by atoms with E-state index in [9.17, 15) is 5.11 Å². The summed E-state index contributed by atoms with van der Waals surface area (Å²) < 4.78 is 5.26. The molecule has 3 rings (SSSR count). The molecular weight excluding hydrogens is 242 g/mol. The molecule has 19 heavy (non-hydrogen) atoms. The molecule has 100 valence electrons. The van der Waals surface area contributed by atoms with E-state index in [1.165, 1.54) is 11.1 Å². The second-order valence-corrected chi connectivity index (χ2v) is 5.07. The van der Waals surface area contributed by atoms with E-state index in [2.05, 4.69) is 40.6 Å². The van der Waals surface area contributed by atoms with Gasteiger partial charge >= 0.3 is 0 Å². The van der Waals surface area contributed by atoms with Crippen molar-refractivity contribution in [1.29, 1.82) is 0 Å². The lowest BCUT2D eigenvalue weighted by molar-refractivity contribution is 0.191. The van der Waals surface area contributed by atoms with Crippen molar-refractivity contribution in [3.05, 3.63) is 47.1 Å². The van der Waals surface area contributed by atoms with Gasteiger partial charge < -0.3 is 14.9 Å². The summed E-state index contributed by atoms with van der Waals surface area (Å²) in [6, 6.07) is 8.25. The Morgan fingerprint density at radius 3 is 3.11 bits per heavy atom. The Morgan fingerprint density at radius 2 is 2.37 bits per heavy atom. The standard InChI is InChI=1S/C14H17N3O2/c1-9-3-2-4-10(5-9)6-13-16-14(19-17-13)12-7-11(18)8-15-12/h2-5,11-12,15,18H,6-8H2,1H3/t11-,12-/m0/s1. The third-order valence-corrected chi connectivity index (χ3v) is 3.33. The SMILES string of the molecule is Cc1cccc(Cc2noc([C@@H]3C[C@H](O)CN3)n2)c1. The van der Waals surface area contributed by atoms with Crippen LogP contribution in [-0.2, 0) is 6.42 Å². The summed E-state index contributed by atoms with van der Waals surface area (Å²) in [6.45, 7) is 2.65. The highest BCUT2D eigenvalue weighted by atomic mass is 16.5. The number of hydrogen-bond acceptors (Lipinski definition) is 5. The van der Waals surface area contributed by atoms with Crippen molar-refractivity contribution in [3.63, 3.8) is 0 Å². The average molecular weight is 259 g/mol. The van der Waals surface area contributed by atoms with Gasteiger partial charge in [-0.05, 0) is 18.9 Å². The first-order valence-electron chi connectivity index (χ1n) is 6.50. The van der Waals surface area contributed by atoms with Gasteiger partial charge in [0, 0.05) is 13.0 Å². The highest BCUT2D eigenvalue weighted by Crippen LogP contribution is 2.22. The second-order valence-electron chi connectivity index (χ2n) is 5.07. The molecule has 0 amide bonds. The molecule has 0 radical (unpaired) electrons. The van der Waals surface area contributed by atoms with Gasteiger partial charge in [0.05, 0.1) is 12.1 Å². The topological polar surface area (TPSA) is 71.2 Å². The number of hydrogen-bond donors (Lipinski definition) is 2. The molecule has 1 aromatic carbocycles. The van der Waals surface area contributed by atoms with E-state index in [1.807, 2.05) is 6.07 Å². The van der Waals surface area contributed by atoms with Crippen molar-refractivity contribution < 1.29 is 9.63 Å². The van der Waals surface area contributed by atoms with Gasteiger partial charge in [-0.25, -0.2) is 0 Å². The Bertz CT molecular complexity index is 567. The average Bonchev–Trinajstić information content (AvgIpc) is 2.98. The molecule has 2 aromatic rings. The Balaban J connectivity index is 1.71. The van der Waals surface area contributed by atoms with Gasteiger partial charge in [-0.3, -0.25) is 0 Å². The van der Waals surface area contributed by atoms with Crippen LogP contribution in [0.3, 0.4) is 0 Å².